The topological polar surface area (TPSA) is 59.2 Å². The molecule has 2 N–H and O–H groups in total. The predicted octanol–water partition coefficient (Wildman–Crippen LogP) is 0.246. The number of pyridine rings is 1. The lowest BCUT2D eigenvalue weighted by atomic mass is 10.3. The van der Waals surface area contributed by atoms with Gasteiger partial charge in [0.1, 0.15) is 5.69 Å². The Morgan fingerprint density at radius 2 is 2.17 bits per heavy atom. The van der Waals surface area contributed by atoms with Crippen molar-refractivity contribution in [3.63, 3.8) is 0 Å². The van der Waals surface area contributed by atoms with Crippen LogP contribution in [-0.4, -0.2) is 25.0 Å². The molecule has 1 amide bonds. The Kier molecular flexibility index (Phi) is 2.28. The average molecular weight is 165 g/mol. The summed E-state index contributed by atoms with van der Waals surface area (Å²) >= 11 is 0. The molecule has 0 fully saturated rings. The van der Waals surface area contributed by atoms with E-state index >= 15 is 0 Å². The van der Waals surface area contributed by atoms with Gasteiger partial charge in [-0.05, 0) is 12.1 Å². The summed E-state index contributed by atoms with van der Waals surface area (Å²) in [5.41, 5.74) is 6.26. The van der Waals surface area contributed by atoms with Gasteiger partial charge in [0.2, 0.25) is 0 Å². The highest BCUT2D eigenvalue weighted by Crippen LogP contribution is 2.08. The molecule has 0 aromatic carbocycles. The van der Waals surface area contributed by atoms with Crippen LogP contribution in [-0.2, 0) is 0 Å². The number of nitrogens with zero attached hydrogens (tertiary/aromatic N) is 2. The molecule has 0 saturated carbocycles. The first-order valence-electron chi connectivity index (χ1n) is 3.54. The fraction of sp³-hybridized carbons (Fsp3) is 0.250. The molecule has 0 radical (unpaired) electrons. The fourth-order valence-electron chi connectivity index (χ4n) is 0.796. The maximum Gasteiger partial charge on any atom is 0.267 e. The lowest BCUT2D eigenvalue weighted by Gasteiger charge is -2.10. The Hall–Kier alpha value is -1.58. The van der Waals surface area contributed by atoms with Gasteiger partial charge in [0.25, 0.3) is 5.91 Å². The maximum atomic E-state index is 10.6. The van der Waals surface area contributed by atoms with Gasteiger partial charge in [-0.1, -0.05) is 0 Å². The van der Waals surface area contributed by atoms with Crippen LogP contribution < -0.4 is 10.6 Å². The van der Waals surface area contributed by atoms with E-state index in [1.807, 2.05) is 19.0 Å². The van der Waals surface area contributed by atoms with Gasteiger partial charge in [-0.15, -0.1) is 0 Å². The number of amides is 1. The Balaban J connectivity index is 2.93. The van der Waals surface area contributed by atoms with Crippen LogP contribution in [0.1, 0.15) is 10.5 Å². The summed E-state index contributed by atoms with van der Waals surface area (Å²) < 4.78 is 0. The van der Waals surface area contributed by atoms with Crippen LogP contribution in [0.25, 0.3) is 0 Å². The molecule has 1 aromatic heterocycles. The van der Waals surface area contributed by atoms with Crippen LogP contribution >= 0.6 is 0 Å². The molecule has 1 heterocycles. The van der Waals surface area contributed by atoms with Gasteiger partial charge in [0.05, 0.1) is 11.9 Å². The van der Waals surface area contributed by atoms with Crippen molar-refractivity contribution >= 4 is 11.6 Å². The SMILES string of the molecule is CN(C)c1ccc(C(N)=O)nc1. The van der Waals surface area contributed by atoms with Crippen LogP contribution in [0.5, 0.6) is 0 Å². The monoisotopic (exact) mass is 165 g/mol. The van der Waals surface area contributed by atoms with E-state index in [1.165, 1.54) is 0 Å². The van der Waals surface area contributed by atoms with Crippen molar-refractivity contribution in [2.45, 2.75) is 0 Å². The third-order valence-corrected chi connectivity index (χ3v) is 1.52. The van der Waals surface area contributed by atoms with Crippen molar-refractivity contribution in [3.05, 3.63) is 24.0 Å². The first kappa shape index (κ1) is 8.52. The Bertz CT molecular complexity index is 279. The molecular formula is C8H11N3O. The summed E-state index contributed by atoms with van der Waals surface area (Å²) in [6, 6.07) is 3.41. The lowest BCUT2D eigenvalue weighted by Crippen LogP contribution is -2.14. The third kappa shape index (κ3) is 1.72. The Morgan fingerprint density at radius 3 is 2.50 bits per heavy atom. The highest BCUT2D eigenvalue weighted by atomic mass is 16.1. The summed E-state index contributed by atoms with van der Waals surface area (Å²) in [6.45, 7) is 0. The minimum atomic E-state index is -0.500. The number of nitrogens with two attached hydrogens (primary N) is 1. The van der Waals surface area contributed by atoms with E-state index < -0.39 is 5.91 Å². The van der Waals surface area contributed by atoms with Crippen molar-refractivity contribution in [2.24, 2.45) is 5.73 Å². The first-order valence-corrected chi connectivity index (χ1v) is 3.54. The molecule has 4 nitrogen and oxygen atoms in total. The second-order valence-electron chi connectivity index (χ2n) is 2.66. The number of carbonyl (C=O) groups is 1. The van der Waals surface area contributed by atoms with E-state index in [4.69, 9.17) is 5.73 Å². The normalized spacial score (nSPS) is 9.50. The summed E-state index contributed by atoms with van der Waals surface area (Å²) in [7, 11) is 3.81. The smallest absolute Gasteiger partial charge is 0.267 e. The minimum Gasteiger partial charge on any atom is -0.376 e. The average Bonchev–Trinajstić information content (AvgIpc) is 2.04. The lowest BCUT2D eigenvalue weighted by molar-refractivity contribution is 0.0995. The highest BCUT2D eigenvalue weighted by molar-refractivity contribution is 5.90. The molecule has 0 spiro atoms. The third-order valence-electron chi connectivity index (χ3n) is 1.52. The first-order chi connectivity index (χ1) is 5.61. The molecule has 0 aliphatic heterocycles. The molecule has 0 aliphatic rings. The van der Waals surface area contributed by atoms with Gasteiger partial charge in [0.15, 0.2) is 0 Å². The van der Waals surface area contributed by atoms with Crippen molar-refractivity contribution in [3.8, 4) is 0 Å². The van der Waals surface area contributed by atoms with E-state index in [0.717, 1.165) is 5.69 Å². The molecule has 1 aromatic rings. The minimum absolute atomic E-state index is 0.292. The zero-order chi connectivity index (χ0) is 9.14. The Morgan fingerprint density at radius 1 is 1.50 bits per heavy atom. The summed E-state index contributed by atoms with van der Waals surface area (Å²) in [5.74, 6) is -0.500. The van der Waals surface area contributed by atoms with Crippen molar-refractivity contribution in [1.29, 1.82) is 0 Å². The number of primary amides is 1. The molecule has 64 valence electrons. The van der Waals surface area contributed by atoms with Gasteiger partial charge < -0.3 is 10.6 Å². The molecular weight excluding hydrogens is 154 g/mol. The molecule has 0 aliphatic carbocycles. The highest BCUT2D eigenvalue weighted by Gasteiger charge is 2.01. The summed E-state index contributed by atoms with van der Waals surface area (Å²) in [4.78, 5) is 16.4. The largest absolute Gasteiger partial charge is 0.376 e. The van der Waals surface area contributed by atoms with E-state index in [1.54, 1.807) is 18.3 Å². The number of aromatic nitrogens is 1. The number of rotatable bonds is 2. The standard InChI is InChI=1S/C8H11N3O/c1-11(2)6-3-4-7(8(9)12)10-5-6/h3-5H,1-2H3,(H2,9,12). The number of anilines is 1. The van der Waals surface area contributed by atoms with E-state index in [9.17, 15) is 4.79 Å². The zero-order valence-corrected chi connectivity index (χ0v) is 7.11. The number of carbonyl (C=O) groups excluding carboxylic acids is 1. The quantitative estimate of drug-likeness (QED) is 0.683. The van der Waals surface area contributed by atoms with Crippen molar-refractivity contribution in [1.82, 2.24) is 4.98 Å². The molecule has 0 saturated heterocycles. The maximum absolute atomic E-state index is 10.6. The fourth-order valence-corrected chi connectivity index (χ4v) is 0.796. The van der Waals surface area contributed by atoms with Crippen LogP contribution in [0.4, 0.5) is 5.69 Å². The van der Waals surface area contributed by atoms with E-state index in [-0.39, 0.29) is 0 Å². The molecule has 4 heteroatoms. The molecule has 0 atom stereocenters. The van der Waals surface area contributed by atoms with Gasteiger partial charge in [0, 0.05) is 14.1 Å². The molecule has 12 heavy (non-hydrogen) atoms. The van der Waals surface area contributed by atoms with Crippen LogP contribution in [0.2, 0.25) is 0 Å². The van der Waals surface area contributed by atoms with Crippen LogP contribution in [0.3, 0.4) is 0 Å². The number of hydrogen-bond donors (Lipinski definition) is 1. The predicted molar refractivity (Wildman–Crippen MR) is 47.1 cm³/mol. The van der Waals surface area contributed by atoms with Crippen molar-refractivity contribution < 1.29 is 4.79 Å². The van der Waals surface area contributed by atoms with E-state index in [0.29, 0.717) is 5.69 Å². The molecule has 0 bridgehead atoms. The second-order valence-corrected chi connectivity index (χ2v) is 2.66. The van der Waals surface area contributed by atoms with Crippen molar-refractivity contribution in [2.75, 3.05) is 19.0 Å². The summed E-state index contributed by atoms with van der Waals surface area (Å²) in [5, 5.41) is 0. The molecule has 1 rings (SSSR count). The van der Waals surface area contributed by atoms with Gasteiger partial charge in [-0.2, -0.15) is 0 Å². The van der Waals surface area contributed by atoms with Crippen LogP contribution in [0.15, 0.2) is 18.3 Å². The van der Waals surface area contributed by atoms with Gasteiger partial charge in [-0.25, -0.2) is 4.98 Å². The summed E-state index contributed by atoms with van der Waals surface area (Å²) in [6.07, 6.45) is 1.61. The van der Waals surface area contributed by atoms with E-state index in [2.05, 4.69) is 4.98 Å². The zero-order valence-electron chi connectivity index (χ0n) is 7.11. The van der Waals surface area contributed by atoms with Crippen LogP contribution in [0, 0.1) is 0 Å². The van der Waals surface area contributed by atoms with Gasteiger partial charge >= 0.3 is 0 Å². The van der Waals surface area contributed by atoms with Gasteiger partial charge in [-0.3, -0.25) is 4.79 Å². The Labute approximate surface area is 71.0 Å². The number of hydrogen-bond acceptors (Lipinski definition) is 3. The molecule has 0 unspecified atom stereocenters. The second kappa shape index (κ2) is 3.21.